The van der Waals surface area contributed by atoms with Gasteiger partial charge in [-0.05, 0) is 44.8 Å². The molecule has 0 N–H and O–H groups in total. The lowest BCUT2D eigenvalue weighted by molar-refractivity contribution is 0.727. The molecule has 0 aromatic heterocycles. The first-order valence-electron chi connectivity index (χ1n) is 5.34. The second-order valence-corrected chi connectivity index (χ2v) is 3.27. The number of hydrogen-bond donors (Lipinski definition) is 0. The lowest BCUT2D eigenvalue weighted by Gasteiger charge is -1.92. The molecular weight excluding hydrogens is 156 g/mol. The summed E-state index contributed by atoms with van der Waals surface area (Å²) < 4.78 is 0. The van der Waals surface area contributed by atoms with Crippen molar-refractivity contribution in [2.45, 2.75) is 51.9 Å². The van der Waals surface area contributed by atoms with Crippen molar-refractivity contribution in [1.29, 1.82) is 0 Å². The van der Waals surface area contributed by atoms with Gasteiger partial charge in [-0.25, -0.2) is 0 Å². The quantitative estimate of drug-likeness (QED) is 0.292. The zero-order valence-electron chi connectivity index (χ0n) is 8.76. The minimum Gasteiger partial charge on any atom is -0.125 e. The first-order chi connectivity index (χ1) is 6.41. The lowest BCUT2D eigenvalue weighted by atomic mass is 10.1. The third-order valence-corrected chi connectivity index (χ3v) is 1.98. The molecule has 13 heavy (non-hydrogen) atoms. The van der Waals surface area contributed by atoms with Crippen LogP contribution in [0.1, 0.15) is 51.9 Å². The summed E-state index contributed by atoms with van der Waals surface area (Å²) in [5.41, 5.74) is 2.54. The first-order valence-corrected chi connectivity index (χ1v) is 5.34. The molecule has 0 rings (SSSR count). The predicted molar refractivity (Wildman–Crippen MR) is 59.5 cm³/mol. The standard InChI is InChI=1S/C13H21/c1-3-5-7-9-11-13-12-10-8-6-4-2/h1,5,12-13H,4,6-11H2,2H3. The van der Waals surface area contributed by atoms with E-state index in [9.17, 15) is 0 Å². The van der Waals surface area contributed by atoms with Crippen molar-refractivity contribution >= 4 is 0 Å². The van der Waals surface area contributed by atoms with E-state index >= 15 is 0 Å². The Kier molecular flexibility index (Phi) is 10.6. The van der Waals surface area contributed by atoms with Crippen molar-refractivity contribution in [2.75, 3.05) is 0 Å². The zero-order valence-corrected chi connectivity index (χ0v) is 8.76. The minimum atomic E-state index is 1.05. The van der Waals surface area contributed by atoms with E-state index in [1.54, 1.807) is 0 Å². The molecule has 0 aromatic rings. The van der Waals surface area contributed by atoms with Gasteiger partial charge in [-0.15, -0.1) is 5.73 Å². The monoisotopic (exact) mass is 177 g/mol. The van der Waals surface area contributed by atoms with Crippen LogP contribution in [0.3, 0.4) is 0 Å². The SMILES string of the molecule is [CH]=C=CCCCC=CCCCCC. The van der Waals surface area contributed by atoms with Crippen molar-refractivity contribution < 1.29 is 0 Å². The topological polar surface area (TPSA) is 0 Å². The lowest BCUT2D eigenvalue weighted by Crippen LogP contribution is -1.72. The Morgan fingerprint density at radius 1 is 1.00 bits per heavy atom. The molecule has 0 heterocycles. The zero-order chi connectivity index (χ0) is 9.78. The summed E-state index contributed by atoms with van der Waals surface area (Å²) in [6, 6.07) is 0. The summed E-state index contributed by atoms with van der Waals surface area (Å²) in [7, 11) is 0. The molecule has 0 aliphatic carbocycles. The highest BCUT2D eigenvalue weighted by molar-refractivity contribution is 4.83. The molecule has 0 aromatic carbocycles. The smallest absolute Gasteiger partial charge is 0.0126 e. The molecule has 0 spiro atoms. The number of unbranched alkanes of at least 4 members (excludes halogenated alkanes) is 5. The van der Waals surface area contributed by atoms with Gasteiger partial charge in [-0.2, -0.15) is 0 Å². The fourth-order valence-corrected chi connectivity index (χ4v) is 1.17. The molecule has 0 nitrogen and oxygen atoms in total. The third kappa shape index (κ3) is 11.3. The van der Waals surface area contributed by atoms with Crippen LogP contribution in [0.2, 0.25) is 0 Å². The molecule has 0 atom stereocenters. The van der Waals surface area contributed by atoms with E-state index in [1.807, 2.05) is 6.08 Å². The molecule has 0 saturated carbocycles. The van der Waals surface area contributed by atoms with E-state index in [2.05, 4.69) is 24.8 Å². The van der Waals surface area contributed by atoms with E-state index in [4.69, 9.17) is 6.58 Å². The van der Waals surface area contributed by atoms with Gasteiger partial charge < -0.3 is 0 Å². The van der Waals surface area contributed by atoms with Crippen molar-refractivity contribution in [3.63, 3.8) is 0 Å². The molecular formula is C13H21. The van der Waals surface area contributed by atoms with E-state index in [1.165, 1.54) is 38.5 Å². The molecule has 0 aliphatic rings. The van der Waals surface area contributed by atoms with Crippen LogP contribution in [0.15, 0.2) is 24.0 Å². The highest BCUT2D eigenvalue weighted by atomic mass is 13.9. The summed E-state index contributed by atoms with van der Waals surface area (Å²) in [5, 5.41) is 0. The molecule has 0 bridgehead atoms. The van der Waals surface area contributed by atoms with E-state index in [-0.39, 0.29) is 0 Å². The van der Waals surface area contributed by atoms with Crippen LogP contribution in [0, 0.1) is 6.58 Å². The van der Waals surface area contributed by atoms with Crippen molar-refractivity contribution in [3.8, 4) is 0 Å². The fourth-order valence-electron chi connectivity index (χ4n) is 1.17. The maximum atomic E-state index is 5.10. The highest BCUT2D eigenvalue weighted by Gasteiger charge is 1.82. The molecule has 0 heteroatoms. The van der Waals surface area contributed by atoms with Crippen molar-refractivity contribution in [1.82, 2.24) is 0 Å². The average Bonchev–Trinajstić information content (AvgIpc) is 2.16. The van der Waals surface area contributed by atoms with Crippen LogP contribution in [-0.2, 0) is 0 Å². The summed E-state index contributed by atoms with van der Waals surface area (Å²) >= 11 is 0. The van der Waals surface area contributed by atoms with Crippen LogP contribution < -0.4 is 0 Å². The van der Waals surface area contributed by atoms with E-state index < -0.39 is 0 Å². The Morgan fingerprint density at radius 3 is 2.31 bits per heavy atom. The van der Waals surface area contributed by atoms with Gasteiger partial charge in [0.1, 0.15) is 0 Å². The third-order valence-electron chi connectivity index (χ3n) is 1.98. The van der Waals surface area contributed by atoms with Gasteiger partial charge in [-0.3, -0.25) is 0 Å². The first kappa shape index (κ1) is 12.3. The number of hydrogen-bond acceptors (Lipinski definition) is 0. The molecule has 73 valence electrons. The normalized spacial score (nSPS) is 10.2. The summed E-state index contributed by atoms with van der Waals surface area (Å²) in [5.74, 6) is 0. The molecule has 1 radical (unpaired) electrons. The fraction of sp³-hybridized carbons (Fsp3) is 0.615. The summed E-state index contributed by atoms with van der Waals surface area (Å²) in [4.78, 5) is 0. The van der Waals surface area contributed by atoms with Crippen molar-refractivity contribution in [2.24, 2.45) is 0 Å². The van der Waals surface area contributed by atoms with E-state index in [0.717, 1.165) is 6.42 Å². The summed E-state index contributed by atoms with van der Waals surface area (Å²) in [6.45, 7) is 7.34. The molecule has 0 fully saturated rings. The van der Waals surface area contributed by atoms with Gasteiger partial charge in [0.25, 0.3) is 0 Å². The predicted octanol–water partition coefficient (Wildman–Crippen LogP) is 4.44. The number of allylic oxidation sites excluding steroid dienone is 3. The molecule has 0 unspecified atom stereocenters. The minimum absolute atomic E-state index is 1.05. The molecule has 0 aliphatic heterocycles. The maximum Gasteiger partial charge on any atom is -0.0126 e. The van der Waals surface area contributed by atoms with E-state index in [0.29, 0.717) is 0 Å². The summed E-state index contributed by atoms with van der Waals surface area (Å²) in [6.07, 6.45) is 15.1. The largest absolute Gasteiger partial charge is 0.125 e. The Balaban J connectivity index is 3.07. The van der Waals surface area contributed by atoms with Crippen LogP contribution >= 0.6 is 0 Å². The second-order valence-electron chi connectivity index (χ2n) is 3.27. The van der Waals surface area contributed by atoms with Gasteiger partial charge in [0, 0.05) is 0 Å². The second kappa shape index (κ2) is 11.3. The van der Waals surface area contributed by atoms with Gasteiger partial charge in [0.2, 0.25) is 0 Å². The maximum absolute atomic E-state index is 5.10. The average molecular weight is 177 g/mol. The van der Waals surface area contributed by atoms with Gasteiger partial charge >= 0.3 is 0 Å². The Morgan fingerprint density at radius 2 is 1.69 bits per heavy atom. The van der Waals surface area contributed by atoms with Crippen LogP contribution in [0.25, 0.3) is 0 Å². The Bertz CT molecular complexity index is 159. The number of rotatable bonds is 8. The Labute approximate surface area is 83.0 Å². The Hall–Kier alpha value is -0.740. The van der Waals surface area contributed by atoms with Gasteiger partial charge in [0.15, 0.2) is 0 Å². The van der Waals surface area contributed by atoms with Gasteiger partial charge in [0.05, 0.1) is 0 Å². The van der Waals surface area contributed by atoms with Crippen LogP contribution in [0.5, 0.6) is 0 Å². The molecule has 0 amide bonds. The van der Waals surface area contributed by atoms with Crippen LogP contribution in [-0.4, -0.2) is 0 Å². The molecule has 0 saturated heterocycles. The van der Waals surface area contributed by atoms with Crippen molar-refractivity contribution in [3.05, 3.63) is 30.5 Å². The highest BCUT2D eigenvalue weighted by Crippen LogP contribution is 2.02. The van der Waals surface area contributed by atoms with Gasteiger partial charge in [-0.1, -0.05) is 31.9 Å². The van der Waals surface area contributed by atoms with Crippen LogP contribution in [0.4, 0.5) is 0 Å².